The smallest absolute Gasteiger partial charge is 0.221 e. The molecule has 0 aliphatic heterocycles. The molecule has 0 atom stereocenters. The van der Waals surface area contributed by atoms with Crippen molar-refractivity contribution >= 4 is 11.7 Å². The van der Waals surface area contributed by atoms with Gasteiger partial charge >= 0.3 is 0 Å². The summed E-state index contributed by atoms with van der Waals surface area (Å²) in [6.45, 7) is 1.84. The zero-order valence-corrected chi connectivity index (χ0v) is 10.7. The molecule has 3 nitrogen and oxygen atoms in total. The van der Waals surface area contributed by atoms with Crippen LogP contribution in [0.15, 0.2) is 48.5 Å². The van der Waals surface area contributed by atoms with Gasteiger partial charge in [0.2, 0.25) is 5.91 Å². The van der Waals surface area contributed by atoms with Crippen LogP contribution in [0.25, 0.3) is 0 Å². The Kier molecular flexibility index (Phi) is 3.76. The van der Waals surface area contributed by atoms with Gasteiger partial charge in [0.1, 0.15) is 0 Å². The number of primary amides is 1. The number of nitrogens with two attached hydrogens (primary N) is 1. The van der Waals surface area contributed by atoms with Crippen LogP contribution in [0.2, 0.25) is 0 Å². The Morgan fingerprint density at radius 3 is 2.32 bits per heavy atom. The molecule has 2 aromatic carbocycles. The van der Waals surface area contributed by atoms with E-state index >= 15 is 0 Å². The lowest BCUT2D eigenvalue weighted by molar-refractivity contribution is -0.117. The van der Waals surface area contributed by atoms with E-state index < -0.39 is 5.91 Å². The van der Waals surface area contributed by atoms with Gasteiger partial charge in [-0.1, -0.05) is 48.5 Å². The van der Waals surface area contributed by atoms with E-state index in [1.54, 1.807) is 24.3 Å². The second kappa shape index (κ2) is 5.48. The molecule has 0 unspecified atom stereocenters. The minimum absolute atomic E-state index is 0.0376. The van der Waals surface area contributed by atoms with Crippen LogP contribution in [0, 0.1) is 6.92 Å². The highest BCUT2D eigenvalue weighted by atomic mass is 16.1. The van der Waals surface area contributed by atoms with Gasteiger partial charge in [-0.05, 0) is 18.1 Å². The summed E-state index contributed by atoms with van der Waals surface area (Å²) < 4.78 is 0. The molecule has 0 spiro atoms. The van der Waals surface area contributed by atoms with Crippen molar-refractivity contribution in [3.8, 4) is 0 Å². The van der Waals surface area contributed by atoms with Gasteiger partial charge in [-0.2, -0.15) is 0 Å². The summed E-state index contributed by atoms with van der Waals surface area (Å²) in [5, 5.41) is 0. The van der Waals surface area contributed by atoms with Crippen LogP contribution >= 0.6 is 0 Å². The highest BCUT2D eigenvalue weighted by molar-refractivity contribution is 6.10. The third-order valence-electron chi connectivity index (χ3n) is 3.09. The van der Waals surface area contributed by atoms with E-state index in [-0.39, 0.29) is 12.2 Å². The molecule has 2 aromatic rings. The fraction of sp³-hybridized carbons (Fsp3) is 0.125. The van der Waals surface area contributed by atoms with Crippen LogP contribution in [-0.2, 0) is 11.2 Å². The van der Waals surface area contributed by atoms with Crippen molar-refractivity contribution in [2.45, 2.75) is 13.3 Å². The minimum atomic E-state index is -0.396. The number of carbonyl (C=O) groups excluding carboxylic acids is 2. The molecule has 2 rings (SSSR count). The molecule has 0 aromatic heterocycles. The number of ketones is 1. The van der Waals surface area contributed by atoms with Crippen LogP contribution in [0.4, 0.5) is 0 Å². The van der Waals surface area contributed by atoms with Crippen LogP contribution in [0.1, 0.15) is 27.0 Å². The standard InChI is InChI=1S/C16H15NO2/c1-11-13(10-15(17)18)8-5-9-14(11)16(19)12-6-3-2-4-7-12/h2-9H,10H2,1H3,(H2,17,18). The number of hydrogen-bond donors (Lipinski definition) is 1. The van der Waals surface area contributed by atoms with Crippen molar-refractivity contribution in [1.29, 1.82) is 0 Å². The maximum absolute atomic E-state index is 12.4. The summed E-state index contributed by atoms with van der Waals surface area (Å²) >= 11 is 0. The van der Waals surface area contributed by atoms with Crippen LogP contribution in [-0.4, -0.2) is 11.7 Å². The first-order valence-electron chi connectivity index (χ1n) is 6.06. The van der Waals surface area contributed by atoms with Crippen LogP contribution in [0.3, 0.4) is 0 Å². The van der Waals surface area contributed by atoms with Crippen molar-refractivity contribution in [2.24, 2.45) is 5.73 Å². The summed E-state index contributed by atoms with van der Waals surface area (Å²) in [6.07, 6.45) is 0.155. The van der Waals surface area contributed by atoms with Gasteiger partial charge in [-0.3, -0.25) is 9.59 Å². The van der Waals surface area contributed by atoms with Gasteiger partial charge in [-0.15, -0.1) is 0 Å². The molecular formula is C16H15NO2. The number of carbonyl (C=O) groups is 2. The lowest BCUT2D eigenvalue weighted by Gasteiger charge is -2.09. The highest BCUT2D eigenvalue weighted by Crippen LogP contribution is 2.18. The minimum Gasteiger partial charge on any atom is -0.369 e. The number of benzene rings is 2. The van der Waals surface area contributed by atoms with E-state index in [0.717, 1.165) is 11.1 Å². The maximum atomic E-state index is 12.4. The Labute approximate surface area is 112 Å². The van der Waals surface area contributed by atoms with Crippen molar-refractivity contribution in [2.75, 3.05) is 0 Å². The molecule has 1 amide bonds. The molecule has 0 radical (unpaired) electrons. The lowest BCUT2D eigenvalue weighted by Crippen LogP contribution is -2.15. The SMILES string of the molecule is Cc1c(CC(N)=O)cccc1C(=O)c1ccccc1. The first-order valence-corrected chi connectivity index (χ1v) is 6.06. The normalized spacial score (nSPS) is 10.2. The maximum Gasteiger partial charge on any atom is 0.221 e. The Hall–Kier alpha value is -2.42. The molecule has 0 saturated carbocycles. The Morgan fingerprint density at radius 1 is 1.00 bits per heavy atom. The second-order valence-electron chi connectivity index (χ2n) is 4.43. The summed E-state index contributed by atoms with van der Waals surface area (Å²) in [7, 11) is 0. The van der Waals surface area contributed by atoms with Crippen molar-refractivity contribution in [3.63, 3.8) is 0 Å². The van der Waals surface area contributed by atoms with Crippen molar-refractivity contribution in [3.05, 3.63) is 70.8 Å². The fourth-order valence-corrected chi connectivity index (χ4v) is 2.05. The zero-order chi connectivity index (χ0) is 13.8. The van der Waals surface area contributed by atoms with Gasteiger partial charge in [0.25, 0.3) is 0 Å². The summed E-state index contributed by atoms with van der Waals surface area (Å²) in [4.78, 5) is 23.4. The van der Waals surface area contributed by atoms with Gasteiger partial charge in [0.15, 0.2) is 5.78 Å². The first kappa shape index (κ1) is 13.0. The molecule has 0 aliphatic carbocycles. The predicted octanol–water partition coefficient (Wildman–Crippen LogP) is 2.25. The molecular weight excluding hydrogens is 238 g/mol. The summed E-state index contributed by atoms with van der Waals surface area (Å²) in [5.74, 6) is -0.433. The summed E-state index contributed by atoms with van der Waals surface area (Å²) in [5.41, 5.74) is 8.08. The molecule has 3 heteroatoms. The monoisotopic (exact) mass is 253 g/mol. The number of rotatable bonds is 4. The number of hydrogen-bond acceptors (Lipinski definition) is 2. The molecule has 0 heterocycles. The van der Waals surface area contributed by atoms with Gasteiger partial charge < -0.3 is 5.73 Å². The molecule has 0 bridgehead atoms. The first-order chi connectivity index (χ1) is 9.09. The quantitative estimate of drug-likeness (QED) is 0.849. The van der Waals surface area contributed by atoms with Crippen LogP contribution < -0.4 is 5.73 Å². The zero-order valence-electron chi connectivity index (χ0n) is 10.7. The molecule has 0 fully saturated rings. The van der Waals surface area contributed by atoms with Crippen molar-refractivity contribution < 1.29 is 9.59 Å². The van der Waals surface area contributed by atoms with E-state index in [0.29, 0.717) is 11.1 Å². The molecule has 2 N–H and O–H groups in total. The van der Waals surface area contributed by atoms with E-state index in [2.05, 4.69) is 0 Å². The second-order valence-corrected chi connectivity index (χ2v) is 4.43. The molecule has 96 valence electrons. The van der Waals surface area contributed by atoms with Crippen molar-refractivity contribution in [1.82, 2.24) is 0 Å². The van der Waals surface area contributed by atoms with Crippen LogP contribution in [0.5, 0.6) is 0 Å². The van der Waals surface area contributed by atoms with Gasteiger partial charge in [0, 0.05) is 11.1 Å². The van der Waals surface area contributed by atoms with E-state index in [9.17, 15) is 9.59 Å². The third kappa shape index (κ3) is 2.88. The largest absolute Gasteiger partial charge is 0.369 e. The Morgan fingerprint density at radius 2 is 1.68 bits per heavy atom. The van der Waals surface area contributed by atoms with E-state index in [1.165, 1.54) is 0 Å². The van der Waals surface area contributed by atoms with E-state index in [1.807, 2.05) is 31.2 Å². The predicted molar refractivity (Wildman–Crippen MR) is 74.0 cm³/mol. The number of amides is 1. The van der Waals surface area contributed by atoms with Gasteiger partial charge in [0.05, 0.1) is 6.42 Å². The summed E-state index contributed by atoms with van der Waals surface area (Å²) in [6, 6.07) is 14.5. The topological polar surface area (TPSA) is 60.2 Å². The Bertz CT molecular complexity index is 618. The molecule has 19 heavy (non-hydrogen) atoms. The fourth-order valence-electron chi connectivity index (χ4n) is 2.05. The van der Waals surface area contributed by atoms with E-state index in [4.69, 9.17) is 5.73 Å². The lowest BCUT2D eigenvalue weighted by atomic mass is 9.94. The molecule has 0 saturated heterocycles. The van der Waals surface area contributed by atoms with Gasteiger partial charge in [-0.25, -0.2) is 0 Å². The Balaban J connectivity index is 2.41. The highest BCUT2D eigenvalue weighted by Gasteiger charge is 2.14. The molecule has 0 aliphatic rings. The average Bonchev–Trinajstić information content (AvgIpc) is 2.41. The average molecular weight is 253 g/mol. The third-order valence-corrected chi connectivity index (χ3v) is 3.09.